The van der Waals surface area contributed by atoms with Crippen molar-refractivity contribution in [2.75, 3.05) is 0 Å². The third-order valence-electron chi connectivity index (χ3n) is 3.57. The van der Waals surface area contributed by atoms with Gasteiger partial charge in [0.15, 0.2) is 0 Å². The number of hydrogen-bond acceptors (Lipinski definition) is 0. The van der Waals surface area contributed by atoms with Crippen LogP contribution in [-0.4, -0.2) is 0 Å². The van der Waals surface area contributed by atoms with Gasteiger partial charge in [0, 0.05) is 0 Å². The highest BCUT2D eigenvalue weighted by atomic mass is 14.4. The average molecular weight is 176 g/mol. The molecule has 2 unspecified atom stereocenters. The normalized spacial score (nSPS) is 30.6. The molecule has 0 heterocycles. The van der Waals surface area contributed by atoms with Gasteiger partial charge < -0.3 is 0 Å². The van der Waals surface area contributed by atoms with Gasteiger partial charge in [-0.3, -0.25) is 0 Å². The van der Waals surface area contributed by atoms with Crippen molar-refractivity contribution in [3.05, 3.63) is 24.3 Å². The highest BCUT2D eigenvalue weighted by Crippen LogP contribution is 2.45. The van der Waals surface area contributed by atoms with Crippen molar-refractivity contribution in [1.82, 2.24) is 0 Å². The van der Waals surface area contributed by atoms with Crippen molar-refractivity contribution in [2.24, 2.45) is 11.8 Å². The van der Waals surface area contributed by atoms with Crippen LogP contribution in [0.4, 0.5) is 0 Å². The molecule has 2 atom stereocenters. The van der Waals surface area contributed by atoms with Crippen molar-refractivity contribution in [2.45, 2.75) is 44.9 Å². The first-order valence-electron chi connectivity index (χ1n) is 5.71. The lowest BCUT2D eigenvalue weighted by atomic mass is 9.94. The molecular formula is C13H20. The number of fused-ring (bicyclic) bond motifs is 2. The van der Waals surface area contributed by atoms with Gasteiger partial charge in [-0.05, 0) is 56.8 Å². The number of allylic oxidation sites excluding steroid dienone is 3. The van der Waals surface area contributed by atoms with Crippen LogP contribution >= 0.6 is 0 Å². The van der Waals surface area contributed by atoms with Gasteiger partial charge in [0.25, 0.3) is 0 Å². The van der Waals surface area contributed by atoms with Gasteiger partial charge in [0.2, 0.25) is 0 Å². The minimum absolute atomic E-state index is 0.972. The second-order valence-corrected chi connectivity index (χ2v) is 4.55. The second kappa shape index (κ2) is 4.13. The Morgan fingerprint density at radius 3 is 2.92 bits per heavy atom. The van der Waals surface area contributed by atoms with Crippen molar-refractivity contribution in [1.29, 1.82) is 0 Å². The lowest BCUT2D eigenvalue weighted by molar-refractivity contribution is 0.603. The zero-order valence-electron chi connectivity index (χ0n) is 8.47. The molecule has 0 aromatic carbocycles. The molecule has 2 bridgehead atoms. The quantitative estimate of drug-likeness (QED) is 0.437. The van der Waals surface area contributed by atoms with E-state index < -0.39 is 0 Å². The monoisotopic (exact) mass is 176 g/mol. The molecule has 13 heavy (non-hydrogen) atoms. The van der Waals surface area contributed by atoms with Crippen LogP contribution in [0, 0.1) is 11.8 Å². The van der Waals surface area contributed by atoms with E-state index in [1.54, 1.807) is 5.57 Å². The van der Waals surface area contributed by atoms with E-state index in [4.69, 9.17) is 0 Å². The maximum absolute atomic E-state index is 3.75. The molecular weight excluding hydrogens is 156 g/mol. The van der Waals surface area contributed by atoms with Gasteiger partial charge in [-0.15, -0.1) is 6.58 Å². The molecule has 2 aliphatic carbocycles. The Bertz CT molecular complexity index is 212. The van der Waals surface area contributed by atoms with E-state index in [2.05, 4.69) is 12.7 Å². The van der Waals surface area contributed by atoms with Gasteiger partial charge in [-0.2, -0.15) is 0 Å². The maximum Gasteiger partial charge on any atom is -0.0197 e. The summed E-state index contributed by atoms with van der Waals surface area (Å²) in [4.78, 5) is 0. The van der Waals surface area contributed by atoms with Gasteiger partial charge in [0.05, 0.1) is 0 Å². The van der Waals surface area contributed by atoms with E-state index in [9.17, 15) is 0 Å². The Balaban J connectivity index is 1.71. The molecule has 0 nitrogen and oxygen atoms in total. The molecule has 1 saturated carbocycles. The maximum atomic E-state index is 3.75. The van der Waals surface area contributed by atoms with Crippen LogP contribution < -0.4 is 0 Å². The summed E-state index contributed by atoms with van der Waals surface area (Å²) in [5.41, 5.74) is 1.79. The Hall–Kier alpha value is -0.520. The Morgan fingerprint density at radius 2 is 2.31 bits per heavy atom. The summed E-state index contributed by atoms with van der Waals surface area (Å²) >= 11 is 0. The van der Waals surface area contributed by atoms with Crippen molar-refractivity contribution in [3.8, 4) is 0 Å². The van der Waals surface area contributed by atoms with E-state index >= 15 is 0 Å². The van der Waals surface area contributed by atoms with Gasteiger partial charge in [0.1, 0.15) is 0 Å². The van der Waals surface area contributed by atoms with Crippen molar-refractivity contribution in [3.63, 3.8) is 0 Å². The molecule has 0 amide bonds. The van der Waals surface area contributed by atoms with Crippen molar-refractivity contribution < 1.29 is 0 Å². The van der Waals surface area contributed by atoms with E-state index in [1.165, 1.54) is 44.9 Å². The predicted octanol–water partition coefficient (Wildman–Crippen LogP) is 4.09. The first-order valence-corrected chi connectivity index (χ1v) is 5.71. The molecule has 0 saturated heterocycles. The van der Waals surface area contributed by atoms with Crippen LogP contribution in [0.2, 0.25) is 0 Å². The van der Waals surface area contributed by atoms with Crippen LogP contribution in [-0.2, 0) is 0 Å². The summed E-state index contributed by atoms with van der Waals surface area (Å²) in [7, 11) is 0. The summed E-state index contributed by atoms with van der Waals surface area (Å²) in [6, 6.07) is 0. The zero-order valence-corrected chi connectivity index (χ0v) is 8.47. The highest BCUT2D eigenvalue weighted by Gasteiger charge is 2.31. The number of unbranched alkanes of at least 4 members (excludes halogenated alkanes) is 2. The first kappa shape index (κ1) is 9.05. The standard InChI is InChI=1S/C13H20/c1-2-3-4-5-6-12-9-11-7-8-13(12)10-11/h2,9,11,13H,1,3-8,10H2. The van der Waals surface area contributed by atoms with Crippen LogP contribution in [0.5, 0.6) is 0 Å². The summed E-state index contributed by atoms with van der Waals surface area (Å²) in [5, 5.41) is 0. The molecule has 72 valence electrons. The third-order valence-corrected chi connectivity index (χ3v) is 3.57. The number of hydrogen-bond donors (Lipinski definition) is 0. The minimum Gasteiger partial charge on any atom is -0.103 e. The Morgan fingerprint density at radius 1 is 1.38 bits per heavy atom. The third kappa shape index (κ3) is 2.04. The lowest BCUT2D eigenvalue weighted by Crippen LogP contribution is -1.96. The molecule has 1 fully saturated rings. The fraction of sp³-hybridized carbons (Fsp3) is 0.692. The molecule has 0 aliphatic heterocycles. The highest BCUT2D eigenvalue weighted by molar-refractivity contribution is 5.19. The van der Waals surface area contributed by atoms with Crippen LogP contribution in [0.1, 0.15) is 44.9 Å². The SMILES string of the molecule is C=CCCCCC1=CC2CCC1C2. The lowest BCUT2D eigenvalue weighted by Gasteiger charge is -2.12. The molecule has 0 N–H and O–H groups in total. The fourth-order valence-corrected chi connectivity index (χ4v) is 2.85. The van der Waals surface area contributed by atoms with Gasteiger partial charge >= 0.3 is 0 Å². The molecule has 0 aromatic heterocycles. The summed E-state index contributed by atoms with van der Waals surface area (Å²) in [6.07, 6.45) is 14.3. The van der Waals surface area contributed by atoms with E-state index in [0.29, 0.717) is 0 Å². The van der Waals surface area contributed by atoms with Gasteiger partial charge in [-0.1, -0.05) is 17.7 Å². The molecule has 0 radical (unpaired) electrons. The molecule has 0 heteroatoms. The van der Waals surface area contributed by atoms with Gasteiger partial charge in [-0.25, -0.2) is 0 Å². The van der Waals surface area contributed by atoms with Crippen molar-refractivity contribution >= 4 is 0 Å². The topological polar surface area (TPSA) is 0 Å². The second-order valence-electron chi connectivity index (χ2n) is 4.55. The van der Waals surface area contributed by atoms with Crippen LogP contribution in [0.25, 0.3) is 0 Å². The summed E-state index contributed by atoms with van der Waals surface area (Å²) in [5.74, 6) is 1.97. The van der Waals surface area contributed by atoms with E-state index in [1.807, 2.05) is 6.08 Å². The largest absolute Gasteiger partial charge is 0.103 e. The molecule has 2 aliphatic rings. The predicted molar refractivity (Wildman–Crippen MR) is 57.6 cm³/mol. The minimum atomic E-state index is 0.972. The van der Waals surface area contributed by atoms with Crippen LogP contribution in [0.3, 0.4) is 0 Å². The first-order chi connectivity index (χ1) is 6.40. The Labute approximate surface area is 81.7 Å². The summed E-state index contributed by atoms with van der Waals surface area (Å²) < 4.78 is 0. The number of rotatable bonds is 5. The van der Waals surface area contributed by atoms with E-state index in [-0.39, 0.29) is 0 Å². The fourth-order valence-electron chi connectivity index (χ4n) is 2.85. The van der Waals surface area contributed by atoms with Crippen LogP contribution in [0.15, 0.2) is 24.3 Å². The molecule has 0 spiro atoms. The summed E-state index contributed by atoms with van der Waals surface area (Å²) in [6.45, 7) is 3.75. The molecule has 2 rings (SSSR count). The average Bonchev–Trinajstić information content (AvgIpc) is 2.73. The van der Waals surface area contributed by atoms with E-state index in [0.717, 1.165) is 11.8 Å². The zero-order chi connectivity index (χ0) is 9.10. The molecule has 0 aromatic rings. The Kier molecular flexibility index (Phi) is 2.87. The smallest absolute Gasteiger partial charge is 0.0197 e.